The van der Waals surface area contributed by atoms with Gasteiger partial charge in [-0.2, -0.15) is 0 Å². The van der Waals surface area contributed by atoms with Crippen LogP contribution in [-0.4, -0.2) is 133 Å². The van der Waals surface area contributed by atoms with Gasteiger partial charge in [-0.3, -0.25) is 48.1 Å². The van der Waals surface area contributed by atoms with E-state index in [0.29, 0.717) is 65.5 Å². The Balaban J connectivity index is 2.15. The Labute approximate surface area is 438 Å². The molecule has 406 valence electrons. The maximum atomic E-state index is 14.6. The van der Waals surface area contributed by atoms with Gasteiger partial charge in [0.1, 0.15) is 42.3 Å². The van der Waals surface area contributed by atoms with Gasteiger partial charge in [0, 0.05) is 61.8 Å². The number of unbranched alkanes of at least 4 members (excludes halogenated alkanes) is 1. The highest BCUT2D eigenvalue weighted by atomic mass is 35.5. The Hall–Kier alpha value is -7.07. The minimum absolute atomic E-state index is 0.0104. The van der Waals surface area contributed by atoms with Crippen LogP contribution in [0.15, 0.2) is 48.6 Å². The van der Waals surface area contributed by atoms with Crippen LogP contribution in [0, 0.1) is 0 Å². The number of aromatic nitrogens is 1. The zero-order valence-corrected chi connectivity index (χ0v) is 43.7. The summed E-state index contributed by atoms with van der Waals surface area (Å²) in [5, 5.41) is 25.1. The molecule has 1 aromatic heterocycles. The van der Waals surface area contributed by atoms with Crippen LogP contribution >= 0.6 is 11.6 Å². The summed E-state index contributed by atoms with van der Waals surface area (Å²) in [5.74, 6) is -6.21. The van der Waals surface area contributed by atoms with Crippen LogP contribution < -0.4 is 59.3 Å². The number of H-pyrrole nitrogens is 1. The number of halogens is 1. The molecular weight excluding hydrogens is 974 g/mol. The van der Waals surface area contributed by atoms with Crippen molar-refractivity contribution in [3.8, 4) is 0 Å². The molecule has 2 heterocycles. The number of amidine groups is 1. The number of aliphatic imine (C=N–C) groups is 1. The molecule has 1 aliphatic rings. The van der Waals surface area contributed by atoms with Gasteiger partial charge in [0.25, 0.3) is 0 Å². The molecule has 0 radical (unpaired) electrons. The Bertz CT molecular complexity index is 2320. The molecule has 2 aromatic rings. The van der Waals surface area contributed by atoms with E-state index in [2.05, 4.69) is 71.0 Å². The van der Waals surface area contributed by atoms with Gasteiger partial charge in [-0.1, -0.05) is 62.7 Å². The molecular formula is C51H76ClN13O9. The summed E-state index contributed by atoms with van der Waals surface area (Å²) in [6.07, 6.45) is 6.23. The van der Waals surface area contributed by atoms with E-state index in [1.807, 2.05) is 6.92 Å². The van der Waals surface area contributed by atoms with Gasteiger partial charge in [-0.05, 0) is 101 Å². The average Bonchev–Trinajstić information content (AvgIpc) is 3.75. The third-order valence-corrected chi connectivity index (χ3v) is 12.4. The number of primary amides is 1. The normalized spacial score (nSPS) is 21.6. The Morgan fingerprint density at radius 3 is 2.08 bits per heavy atom. The van der Waals surface area contributed by atoms with Crippen molar-refractivity contribution in [1.82, 2.24) is 52.8 Å². The largest absolute Gasteiger partial charge is 0.388 e. The van der Waals surface area contributed by atoms with Crippen molar-refractivity contribution in [3.05, 3.63) is 71.0 Å². The molecule has 1 aliphatic heterocycles. The fourth-order valence-corrected chi connectivity index (χ4v) is 8.40. The first-order valence-electron chi connectivity index (χ1n) is 25.1. The summed E-state index contributed by atoms with van der Waals surface area (Å²) in [6, 6.07) is -2.37. The van der Waals surface area contributed by atoms with Crippen LogP contribution in [0.4, 0.5) is 0 Å². The van der Waals surface area contributed by atoms with Gasteiger partial charge >= 0.3 is 0 Å². The highest BCUT2D eigenvalue weighted by Crippen LogP contribution is 2.20. The van der Waals surface area contributed by atoms with E-state index in [9.17, 15) is 43.2 Å². The third-order valence-electron chi connectivity index (χ3n) is 12.1. The highest BCUT2D eigenvalue weighted by molar-refractivity contribution is 6.30. The molecule has 0 saturated carbocycles. The molecule has 9 amide bonds. The van der Waals surface area contributed by atoms with Crippen LogP contribution in [0.5, 0.6) is 0 Å². The molecule has 0 bridgehead atoms. The molecule has 22 nitrogen and oxygen atoms in total. The van der Waals surface area contributed by atoms with E-state index in [0.717, 1.165) is 0 Å². The smallest absolute Gasteiger partial charge is 0.243 e. The number of nitrogens with two attached hydrogens (primary N) is 2. The SMILES string of the molecule is C=Cc1[nH]cc(C[C@@H]2NC(=O)[C@H](CCCC)NC(=O)[C@@H](Cc3cccc(Cl)c3)NC(=O)[C@H](CCCNC)NC(=O)[C@@H](NC(=O)[C@H](CCCN=C(C)N)NC(C)=O)CCC(=O)NCCC[C@@H](C(N)=O)NC2=O)c1C=C. The van der Waals surface area contributed by atoms with Gasteiger partial charge in [-0.25, -0.2) is 0 Å². The van der Waals surface area contributed by atoms with Crippen molar-refractivity contribution in [2.75, 3.05) is 26.7 Å². The maximum Gasteiger partial charge on any atom is 0.243 e. The molecule has 23 heteroatoms. The van der Waals surface area contributed by atoms with Crippen LogP contribution in [0.25, 0.3) is 12.2 Å². The second kappa shape index (κ2) is 32.2. The standard InChI is InChI=1S/C51H76ClN13O9/c1-7-10-17-39-47(70)65-43(28-33-29-58-36(9-3)35(33)8-2)51(74)60-37(45(54)68)18-13-25-57-44(67)22-21-41(63-46(69)38(59-31(5)66)20-14-24-56-30(4)53)49(72)61-40(19-12-23-55-6)48(71)64-42(50(73)62-39)27-32-15-11-16-34(52)26-32/h8-9,11,15-16,26,29,37-43,55,58H,2-3,7,10,12-14,17-25,27-28H2,1,4-6H3,(H2,53,56)(H2,54,68)(H,57,67)(H,59,66)(H,60,74)(H,61,72)(H,62,73)(H,63,69)(H,64,71)(H,65,70)/t37-,38-,39-,40-,41-,42+,43-/m0/s1. The number of benzene rings is 1. The summed E-state index contributed by atoms with van der Waals surface area (Å²) in [5.41, 5.74) is 13.8. The quantitative estimate of drug-likeness (QED) is 0.0469. The second-order valence-electron chi connectivity index (χ2n) is 18.2. The van der Waals surface area contributed by atoms with E-state index >= 15 is 0 Å². The lowest BCUT2D eigenvalue weighted by molar-refractivity contribution is -0.136. The first-order chi connectivity index (χ1) is 35.3. The lowest BCUT2D eigenvalue weighted by Crippen LogP contribution is -2.60. The summed E-state index contributed by atoms with van der Waals surface area (Å²) in [7, 11) is 1.71. The topological polar surface area (TPSA) is 342 Å². The van der Waals surface area contributed by atoms with Crippen LogP contribution in [-0.2, 0) is 56.0 Å². The van der Waals surface area contributed by atoms with Gasteiger partial charge in [0.2, 0.25) is 53.2 Å². The molecule has 3 rings (SSSR count). The van der Waals surface area contributed by atoms with Crippen LogP contribution in [0.3, 0.4) is 0 Å². The fourth-order valence-electron chi connectivity index (χ4n) is 8.19. The number of nitrogens with zero attached hydrogens (tertiary/aromatic N) is 1. The minimum atomic E-state index is -1.42. The Kier molecular flexibility index (Phi) is 26.6. The Morgan fingerprint density at radius 1 is 0.838 bits per heavy atom. The number of hydrogen-bond acceptors (Lipinski definition) is 11. The molecule has 0 unspecified atom stereocenters. The average molecular weight is 1050 g/mol. The predicted molar refractivity (Wildman–Crippen MR) is 284 cm³/mol. The molecule has 74 heavy (non-hydrogen) atoms. The number of carbonyl (C=O) groups excluding carboxylic acids is 9. The van der Waals surface area contributed by atoms with Crippen LogP contribution in [0.1, 0.15) is 114 Å². The van der Waals surface area contributed by atoms with Crippen molar-refractivity contribution in [3.63, 3.8) is 0 Å². The summed E-state index contributed by atoms with van der Waals surface area (Å²) >= 11 is 6.35. The van der Waals surface area contributed by atoms with E-state index in [4.69, 9.17) is 23.1 Å². The van der Waals surface area contributed by atoms with E-state index in [-0.39, 0.29) is 70.9 Å². The van der Waals surface area contributed by atoms with Gasteiger partial charge in [0.15, 0.2) is 0 Å². The Morgan fingerprint density at radius 2 is 1.47 bits per heavy atom. The van der Waals surface area contributed by atoms with Crippen molar-refractivity contribution in [2.24, 2.45) is 16.5 Å². The number of carbonyl (C=O) groups is 9. The number of aromatic amines is 1. The summed E-state index contributed by atoms with van der Waals surface area (Å²) in [4.78, 5) is 132. The highest BCUT2D eigenvalue weighted by Gasteiger charge is 2.35. The van der Waals surface area contributed by atoms with Crippen molar-refractivity contribution in [1.29, 1.82) is 0 Å². The molecule has 14 N–H and O–H groups in total. The van der Waals surface area contributed by atoms with Gasteiger partial charge < -0.3 is 64.3 Å². The molecule has 1 aromatic carbocycles. The number of hydrogen-bond donors (Lipinski definition) is 12. The molecule has 1 saturated heterocycles. The van der Waals surface area contributed by atoms with E-state index in [1.165, 1.54) is 6.92 Å². The molecule has 1 fully saturated rings. The summed E-state index contributed by atoms with van der Waals surface area (Å²) < 4.78 is 0. The first-order valence-corrected chi connectivity index (χ1v) is 25.4. The van der Waals surface area contributed by atoms with Crippen molar-refractivity contribution >= 4 is 82.8 Å². The second-order valence-corrected chi connectivity index (χ2v) is 18.6. The van der Waals surface area contributed by atoms with Crippen molar-refractivity contribution in [2.45, 2.75) is 147 Å². The minimum Gasteiger partial charge on any atom is -0.388 e. The maximum absolute atomic E-state index is 14.6. The number of rotatable bonds is 21. The van der Waals surface area contributed by atoms with Gasteiger partial charge in [-0.15, -0.1) is 0 Å². The molecule has 7 atom stereocenters. The lowest BCUT2D eigenvalue weighted by atomic mass is 10.00. The number of amides is 9. The lowest BCUT2D eigenvalue weighted by Gasteiger charge is -2.28. The fraction of sp³-hybridized carbons (Fsp3) is 0.529. The van der Waals surface area contributed by atoms with E-state index < -0.39 is 95.5 Å². The zero-order valence-electron chi connectivity index (χ0n) is 43.0. The zero-order chi connectivity index (χ0) is 54.7. The van der Waals surface area contributed by atoms with Crippen molar-refractivity contribution < 1.29 is 43.2 Å². The first kappa shape index (κ1) is 61.2. The number of nitrogens with one attached hydrogen (secondary N) is 10. The monoisotopic (exact) mass is 1050 g/mol. The third kappa shape index (κ3) is 21.2. The molecule has 0 aliphatic carbocycles. The predicted octanol–water partition coefficient (Wildman–Crippen LogP) is 0.675. The van der Waals surface area contributed by atoms with Gasteiger partial charge in [0.05, 0.1) is 5.84 Å². The van der Waals surface area contributed by atoms with Crippen LogP contribution in [0.2, 0.25) is 5.02 Å². The molecule has 0 spiro atoms. The van der Waals surface area contributed by atoms with E-state index in [1.54, 1.807) is 56.6 Å². The summed E-state index contributed by atoms with van der Waals surface area (Å²) in [6.45, 7) is 13.1.